The molecule has 0 aliphatic rings. The van der Waals surface area contributed by atoms with Crippen LogP contribution >= 0.6 is 0 Å². The van der Waals surface area contributed by atoms with Crippen molar-refractivity contribution in [1.82, 2.24) is 0 Å². The molecule has 1 amide bonds. The molecule has 0 radical (unpaired) electrons. The van der Waals surface area contributed by atoms with Gasteiger partial charge in [0.15, 0.2) is 0 Å². The second kappa shape index (κ2) is 5.51. The summed E-state index contributed by atoms with van der Waals surface area (Å²) in [6.45, 7) is 4.94. The highest BCUT2D eigenvalue weighted by Crippen LogP contribution is 2.16. The molecule has 1 rings (SSSR count). The summed E-state index contributed by atoms with van der Waals surface area (Å²) in [5, 5.41) is 0. The molecule has 0 aromatic heterocycles. The van der Waals surface area contributed by atoms with Gasteiger partial charge in [-0.05, 0) is 24.6 Å². The minimum absolute atomic E-state index is 0.117. The van der Waals surface area contributed by atoms with Gasteiger partial charge in [-0.15, -0.1) is 0 Å². The molecule has 0 atom stereocenters. The van der Waals surface area contributed by atoms with E-state index >= 15 is 0 Å². The van der Waals surface area contributed by atoms with E-state index in [1.807, 2.05) is 38.1 Å². The SMILES string of the molecule is CCC(=O)N(CCN)c1cccc(C)c1. The van der Waals surface area contributed by atoms with E-state index in [1.54, 1.807) is 4.90 Å². The zero-order valence-electron chi connectivity index (χ0n) is 9.36. The van der Waals surface area contributed by atoms with E-state index in [1.165, 1.54) is 0 Å². The third-order valence-electron chi connectivity index (χ3n) is 2.27. The second-order valence-corrected chi connectivity index (χ2v) is 3.53. The number of hydrogen-bond acceptors (Lipinski definition) is 2. The maximum absolute atomic E-state index is 11.7. The average molecular weight is 206 g/mol. The summed E-state index contributed by atoms with van der Waals surface area (Å²) in [5.41, 5.74) is 7.59. The van der Waals surface area contributed by atoms with Gasteiger partial charge in [0.05, 0.1) is 0 Å². The smallest absolute Gasteiger partial charge is 0.226 e. The molecule has 0 fully saturated rings. The van der Waals surface area contributed by atoms with Crippen LogP contribution in [0.25, 0.3) is 0 Å². The monoisotopic (exact) mass is 206 g/mol. The normalized spacial score (nSPS) is 10.1. The summed E-state index contributed by atoms with van der Waals surface area (Å²) in [4.78, 5) is 13.4. The first kappa shape index (κ1) is 11.7. The lowest BCUT2D eigenvalue weighted by molar-refractivity contribution is -0.118. The Morgan fingerprint density at radius 3 is 2.73 bits per heavy atom. The summed E-state index contributed by atoms with van der Waals surface area (Å²) in [5.74, 6) is 0.117. The van der Waals surface area contributed by atoms with Crippen LogP contribution < -0.4 is 10.6 Å². The Kier molecular flexibility index (Phi) is 4.31. The number of hydrogen-bond donors (Lipinski definition) is 1. The predicted molar refractivity (Wildman–Crippen MR) is 62.9 cm³/mol. The fraction of sp³-hybridized carbons (Fsp3) is 0.417. The van der Waals surface area contributed by atoms with E-state index in [9.17, 15) is 4.79 Å². The molecule has 0 aliphatic carbocycles. The summed E-state index contributed by atoms with van der Waals surface area (Å²) in [7, 11) is 0. The minimum atomic E-state index is 0.117. The number of rotatable bonds is 4. The van der Waals surface area contributed by atoms with E-state index in [2.05, 4.69) is 0 Å². The quantitative estimate of drug-likeness (QED) is 0.815. The van der Waals surface area contributed by atoms with Crippen molar-refractivity contribution in [2.24, 2.45) is 5.73 Å². The van der Waals surface area contributed by atoms with E-state index in [0.29, 0.717) is 19.5 Å². The molecule has 0 saturated carbocycles. The lowest BCUT2D eigenvalue weighted by atomic mass is 10.2. The molecule has 0 bridgehead atoms. The molecule has 0 spiro atoms. The molecule has 82 valence electrons. The summed E-state index contributed by atoms with van der Waals surface area (Å²) >= 11 is 0. The van der Waals surface area contributed by atoms with Crippen molar-refractivity contribution in [3.63, 3.8) is 0 Å². The number of nitrogens with two attached hydrogens (primary N) is 1. The zero-order valence-corrected chi connectivity index (χ0v) is 9.36. The molecule has 1 aromatic rings. The number of anilines is 1. The maximum Gasteiger partial charge on any atom is 0.226 e. The number of carbonyl (C=O) groups is 1. The van der Waals surface area contributed by atoms with E-state index in [0.717, 1.165) is 11.3 Å². The van der Waals surface area contributed by atoms with Crippen molar-refractivity contribution in [1.29, 1.82) is 0 Å². The molecule has 3 nitrogen and oxygen atoms in total. The fourth-order valence-electron chi connectivity index (χ4n) is 1.51. The second-order valence-electron chi connectivity index (χ2n) is 3.53. The standard InChI is InChI=1S/C12H18N2O/c1-3-12(15)14(8-7-13)11-6-4-5-10(2)9-11/h4-6,9H,3,7-8,13H2,1-2H3. The first-order valence-corrected chi connectivity index (χ1v) is 5.26. The van der Waals surface area contributed by atoms with Gasteiger partial charge in [-0.25, -0.2) is 0 Å². The summed E-state index contributed by atoms with van der Waals surface area (Å²) < 4.78 is 0. The van der Waals surface area contributed by atoms with Crippen LogP contribution in [-0.2, 0) is 4.79 Å². The van der Waals surface area contributed by atoms with Gasteiger partial charge in [-0.2, -0.15) is 0 Å². The molecule has 15 heavy (non-hydrogen) atoms. The van der Waals surface area contributed by atoms with Crippen molar-refractivity contribution in [3.05, 3.63) is 29.8 Å². The van der Waals surface area contributed by atoms with Gasteiger partial charge in [-0.3, -0.25) is 4.79 Å². The Balaban J connectivity index is 2.93. The highest BCUT2D eigenvalue weighted by Gasteiger charge is 2.12. The van der Waals surface area contributed by atoms with Gasteiger partial charge in [0.25, 0.3) is 0 Å². The van der Waals surface area contributed by atoms with Gasteiger partial charge in [-0.1, -0.05) is 19.1 Å². The molecule has 2 N–H and O–H groups in total. The largest absolute Gasteiger partial charge is 0.329 e. The van der Waals surface area contributed by atoms with Crippen LogP contribution in [0.3, 0.4) is 0 Å². The minimum Gasteiger partial charge on any atom is -0.329 e. The van der Waals surface area contributed by atoms with Crippen LogP contribution in [0.5, 0.6) is 0 Å². The molecular formula is C12H18N2O. The Hall–Kier alpha value is -1.35. The summed E-state index contributed by atoms with van der Waals surface area (Å²) in [6.07, 6.45) is 0.508. The van der Waals surface area contributed by atoms with Gasteiger partial charge in [0.1, 0.15) is 0 Å². The van der Waals surface area contributed by atoms with Gasteiger partial charge in [0.2, 0.25) is 5.91 Å². The van der Waals surface area contributed by atoms with Gasteiger partial charge < -0.3 is 10.6 Å². The van der Waals surface area contributed by atoms with Crippen molar-refractivity contribution in [2.75, 3.05) is 18.0 Å². The highest BCUT2D eigenvalue weighted by atomic mass is 16.2. The molecule has 0 unspecified atom stereocenters. The molecule has 0 saturated heterocycles. The molecular weight excluding hydrogens is 188 g/mol. The number of amides is 1. The van der Waals surface area contributed by atoms with Crippen LogP contribution in [0.1, 0.15) is 18.9 Å². The third kappa shape index (κ3) is 3.06. The average Bonchev–Trinajstić information content (AvgIpc) is 2.25. The molecule has 0 heterocycles. The predicted octanol–water partition coefficient (Wildman–Crippen LogP) is 1.70. The summed E-state index contributed by atoms with van der Waals surface area (Å²) in [6, 6.07) is 7.91. The molecule has 0 aliphatic heterocycles. The van der Waals surface area contributed by atoms with E-state index < -0.39 is 0 Å². The van der Waals surface area contributed by atoms with Crippen LogP contribution in [-0.4, -0.2) is 19.0 Å². The fourth-order valence-corrected chi connectivity index (χ4v) is 1.51. The van der Waals surface area contributed by atoms with Crippen LogP contribution in [0, 0.1) is 6.92 Å². The topological polar surface area (TPSA) is 46.3 Å². The van der Waals surface area contributed by atoms with E-state index in [-0.39, 0.29) is 5.91 Å². The van der Waals surface area contributed by atoms with Crippen molar-refractivity contribution < 1.29 is 4.79 Å². The van der Waals surface area contributed by atoms with Gasteiger partial charge >= 0.3 is 0 Å². The Bertz CT molecular complexity index is 336. The van der Waals surface area contributed by atoms with E-state index in [4.69, 9.17) is 5.73 Å². The lowest BCUT2D eigenvalue weighted by Gasteiger charge is -2.21. The Morgan fingerprint density at radius 2 is 2.20 bits per heavy atom. The maximum atomic E-state index is 11.7. The number of benzene rings is 1. The number of nitrogens with zero attached hydrogens (tertiary/aromatic N) is 1. The van der Waals surface area contributed by atoms with Crippen molar-refractivity contribution in [3.8, 4) is 0 Å². The van der Waals surface area contributed by atoms with Crippen LogP contribution in [0.15, 0.2) is 24.3 Å². The number of aryl methyl sites for hydroxylation is 1. The third-order valence-corrected chi connectivity index (χ3v) is 2.27. The van der Waals surface area contributed by atoms with Crippen LogP contribution in [0.4, 0.5) is 5.69 Å². The Labute approximate surface area is 90.9 Å². The van der Waals surface area contributed by atoms with Crippen molar-refractivity contribution in [2.45, 2.75) is 20.3 Å². The lowest BCUT2D eigenvalue weighted by Crippen LogP contribution is -2.34. The molecule has 1 aromatic carbocycles. The first-order valence-electron chi connectivity index (χ1n) is 5.26. The first-order chi connectivity index (χ1) is 7.19. The number of carbonyl (C=O) groups excluding carboxylic acids is 1. The van der Waals surface area contributed by atoms with Crippen molar-refractivity contribution >= 4 is 11.6 Å². The van der Waals surface area contributed by atoms with Crippen LogP contribution in [0.2, 0.25) is 0 Å². The molecule has 3 heteroatoms. The highest BCUT2D eigenvalue weighted by molar-refractivity contribution is 5.93. The van der Waals surface area contributed by atoms with Gasteiger partial charge in [0, 0.05) is 25.2 Å². The Morgan fingerprint density at radius 1 is 1.47 bits per heavy atom. The zero-order chi connectivity index (χ0) is 11.3.